The van der Waals surface area contributed by atoms with E-state index in [1.54, 1.807) is 0 Å². The van der Waals surface area contributed by atoms with Crippen LogP contribution in [0.3, 0.4) is 0 Å². The minimum Gasteiger partial charge on any atom is -0.480 e. The van der Waals surface area contributed by atoms with Crippen LogP contribution >= 0.6 is 12.4 Å². The molecule has 0 aromatic heterocycles. The van der Waals surface area contributed by atoms with Gasteiger partial charge in [-0.1, -0.05) is 31.2 Å². The van der Waals surface area contributed by atoms with Crippen molar-refractivity contribution in [3.8, 4) is 0 Å². The number of benzene rings is 1. The Morgan fingerprint density at radius 1 is 1.47 bits per heavy atom. The van der Waals surface area contributed by atoms with Crippen molar-refractivity contribution in [2.24, 2.45) is 0 Å². The summed E-state index contributed by atoms with van der Waals surface area (Å²) in [4.78, 5) is 10.9. The highest BCUT2D eigenvalue weighted by Crippen LogP contribution is 2.27. The molecule has 0 aliphatic carbocycles. The summed E-state index contributed by atoms with van der Waals surface area (Å²) >= 11 is 0. The second-order valence-electron chi connectivity index (χ2n) is 3.68. The maximum absolute atomic E-state index is 10.9. The fraction of sp³-hybridized carbons (Fsp3) is 0.364. The van der Waals surface area contributed by atoms with Crippen LogP contribution in [-0.4, -0.2) is 17.1 Å². The van der Waals surface area contributed by atoms with Gasteiger partial charge in [0, 0.05) is 12.5 Å². The molecule has 3 nitrogen and oxygen atoms in total. The van der Waals surface area contributed by atoms with Crippen molar-refractivity contribution in [1.82, 2.24) is 5.32 Å². The fourth-order valence-corrected chi connectivity index (χ4v) is 2.02. The average Bonchev–Trinajstić information content (AvgIpc) is 2.18. The van der Waals surface area contributed by atoms with Gasteiger partial charge in [-0.15, -0.1) is 12.4 Å². The molecule has 0 bridgehead atoms. The van der Waals surface area contributed by atoms with Gasteiger partial charge in [0.1, 0.15) is 6.04 Å². The Labute approximate surface area is 94.9 Å². The summed E-state index contributed by atoms with van der Waals surface area (Å²) in [6, 6.07) is 7.53. The molecule has 0 spiro atoms. The second kappa shape index (κ2) is 4.64. The topological polar surface area (TPSA) is 49.3 Å². The molecule has 0 saturated heterocycles. The lowest BCUT2D eigenvalue weighted by Crippen LogP contribution is -2.43. The van der Waals surface area contributed by atoms with Crippen molar-refractivity contribution in [3.05, 3.63) is 35.4 Å². The van der Waals surface area contributed by atoms with Crippen LogP contribution in [0.1, 0.15) is 24.0 Å². The van der Waals surface area contributed by atoms with E-state index >= 15 is 0 Å². The number of carbonyl (C=O) groups is 1. The Morgan fingerprint density at radius 3 is 2.80 bits per heavy atom. The highest BCUT2D eigenvalue weighted by atomic mass is 35.5. The highest BCUT2D eigenvalue weighted by molar-refractivity contribution is 5.85. The molecule has 4 heteroatoms. The van der Waals surface area contributed by atoms with Crippen LogP contribution < -0.4 is 5.32 Å². The number of hydrogen-bond donors (Lipinski definition) is 2. The molecular weight excluding hydrogens is 214 g/mol. The summed E-state index contributed by atoms with van der Waals surface area (Å²) in [5.74, 6) is -0.732. The van der Waals surface area contributed by atoms with Crippen molar-refractivity contribution < 1.29 is 9.90 Å². The quantitative estimate of drug-likeness (QED) is 0.769. The van der Waals surface area contributed by atoms with E-state index in [1.807, 2.05) is 31.2 Å². The van der Waals surface area contributed by atoms with Crippen LogP contribution in [0.5, 0.6) is 0 Å². The normalized spacial score (nSPS) is 23.8. The van der Waals surface area contributed by atoms with Gasteiger partial charge in [-0.25, -0.2) is 0 Å². The highest BCUT2D eigenvalue weighted by Gasteiger charge is 2.30. The summed E-state index contributed by atoms with van der Waals surface area (Å²) in [6.07, 6.45) is 0. The van der Waals surface area contributed by atoms with E-state index in [9.17, 15) is 4.79 Å². The summed E-state index contributed by atoms with van der Waals surface area (Å²) < 4.78 is 0. The van der Waals surface area contributed by atoms with Crippen LogP contribution in [0.2, 0.25) is 0 Å². The number of aliphatic carboxylic acids is 1. The van der Waals surface area contributed by atoms with Gasteiger partial charge >= 0.3 is 5.97 Å². The van der Waals surface area contributed by atoms with Crippen molar-refractivity contribution in [3.63, 3.8) is 0 Å². The summed E-state index contributed by atoms with van der Waals surface area (Å²) in [6.45, 7) is 2.60. The number of hydrogen-bond acceptors (Lipinski definition) is 2. The van der Waals surface area contributed by atoms with Gasteiger partial charge in [-0.2, -0.15) is 0 Å². The molecule has 0 fully saturated rings. The van der Waals surface area contributed by atoms with Gasteiger partial charge in [0.2, 0.25) is 0 Å². The molecule has 0 saturated carbocycles. The first-order valence-corrected chi connectivity index (χ1v) is 4.74. The fourth-order valence-electron chi connectivity index (χ4n) is 2.02. The molecule has 1 aliphatic rings. The molecule has 1 aromatic carbocycles. The maximum Gasteiger partial charge on any atom is 0.321 e. The number of carboxylic acid groups (broad SMARTS) is 1. The van der Waals surface area contributed by atoms with Crippen molar-refractivity contribution >= 4 is 18.4 Å². The van der Waals surface area contributed by atoms with E-state index in [0.29, 0.717) is 6.54 Å². The minimum atomic E-state index is -0.771. The van der Waals surface area contributed by atoms with Gasteiger partial charge in [0.15, 0.2) is 0 Å². The Balaban J connectivity index is 0.00000112. The standard InChI is InChI=1S/C11H13NO2.ClH/c1-7-9-5-3-2-4-8(9)6-12-10(7)11(13)14;/h2-5,7,10,12H,6H2,1H3,(H,13,14);1H. The maximum atomic E-state index is 10.9. The Morgan fingerprint density at radius 2 is 2.13 bits per heavy atom. The first kappa shape index (κ1) is 12.0. The lowest BCUT2D eigenvalue weighted by Gasteiger charge is -2.29. The van der Waals surface area contributed by atoms with E-state index < -0.39 is 12.0 Å². The smallest absolute Gasteiger partial charge is 0.321 e. The van der Waals surface area contributed by atoms with Gasteiger partial charge < -0.3 is 5.11 Å². The Hall–Kier alpha value is -1.06. The van der Waals surface area contributed by atoms with Crippen LogP contribution in [0.25, 0.3) is 0 Å². The van der Waals surface area contributed by atoms with E-state index in [2.05, 4.69) is 5.32 Å². The van der Waals surface area contributed by atoms with Gasteiger partial charge in [-0.3, -0.25) is 10.1 Å². The molecule has 82 valence electrons. The van der Waals surface area contributed by atoms with Crippen LogP contribution in [0.4, 0.5) is 0 Å². The first-order chi connectivity index (χ1) is 6.70. The SMILES string of the molecule is CC1c2ccccc2CNC1C(=O)O.Cl. The number of nitrogens with one attached hydrogen (secondary N) is 1. The lowest BCUT2D eigenvalue weighted by molar-refractivity contribution is -0.140. The predicted molar refractivity (Wildman–Crippen MR) is 60.4 cm³/mol. The van der Waals surface area contributed by atoms with Crippen LogP contribution in [0, 0.1) is 0 Å². The van der Waals surface area contributed by atoms with Gasteiger partial charge in [0.25, 0.3) is 0 Å². The Bertz CT molecular complexity index is 367. The zero-order valence-electron chi connectivity index (χ0n) is 8.43. The number of fused-ring (bicyclic) bond motifs is 1. The molecule has 0 amide bonds. The van der Waals surface area contributed by atoms with E-state index in [1.165, 1.54) is 5.56 Å². The monoisotopic (exact) mass is 227 g/mol. The molecule has 1 aliphatic heterocycles. The number of halogens is 1. The molecule has 1 aromatic rings. The summed E-state index contributed by atoms with van der Waals surface area (Å²) in [5.41, 5.74) is 2.36. The average molecular weight is 228 g/mol. The third kappa shape index (κ3) is 2.13. The zero-order chi connectivity index (χ0) is 10.1. The third-order valence-electron chi connectivity index (χ3n) is 2.82. The molecule has 2 unspecified atom stereocenters. The zero-order valence-corrected chi connectivity index (χ0v) is 9.25. The van der Waals surface area contributed by atoms with Crippen molar-refractivity contribution in [1.29, 1.82) is 0 Å². The van der Waals surface area contributed by atoms with E-state index in [0.717, 1.165) is 5.56 Å². The number of carboxylic acids is 1. The molecule has 2 N–H and O–H groups in total. The Kier molecular flexibility index (Phi) is 3.72. The molecule has 1 heterocycles. The molecule has 2 atom stereocenters. The van der Waals surface area contributed by atoms with E-state index in [-0.39, 0.29) is 18.3 Å². The summed E-state index contributed by atoms with van der Waals surface area (Å²) in [5, 5.41) is 12.0. The lowest BCUT2D eigenvalue weighted by atomic mass is 9.86. The molecule has 2 rings (SSSR count). The molecular formula is C11H14ClNO2. The number of rotatable bonds is 1. The summed E-state index contributed by atoms with van der Waals surface area (Å²) in [7, 11) is 0. The third-order valence-corrected chi connectivity index (χ3v) is 2.82. The van der Waals surface area contributed by atoms with Crippen LogP contribution in [-0.2, 0) is 11.3 Å². The minimum absolute atomic E-state index is 0. The van der Waals surface area contributed by atoms with Crippen molar-refractivity contribution in [2.75, 3.05) is 0 Å². The van der Waals surface area contributed by atoms with Gasteiger partial charge in [0.05, 0.1) is 0 Å². The first-order valence-electron chi connectivity index (χ1n) is 4.74. The van der Waals surface area contributed by atoms with Crippen LogP contribution in [0.15, 0.2) is 24.3 Å². The van der Waals surface area contributed by atoms with Crippen molar-refractivity contribution in [2.45, 2.75) is 25.4 Å². The van der Waals surface area contributed by atoms with E-state index in [4.69, 9.17) is 5.11 Å². The largest absolute Gasteiger partial charge is 0.480 e. The molecule has 0 radical (unpaired) electrons. The predicted octanol–water partition coefficient (Wildman–Crippen LogP) is 1.77. The second-order valence-corrected chi connectivity index (χ2v) is 3.68. The molecule has 15 heavy (non-hydrogen) atoms. The van der Waals surface area contributed by atoms with Gasteiger partial charge in [-0.05, 0) is 11.1 Å².